The number of likely N-dealkylation sites (N-methyl/N-ethyl adjacent to an activating group) is 1. The summed E-state index contributed by atoms with van der Waals surface area (Å²) in [7, 11) is 1.79. The number of thiazole rings is 1. The highest BCUT2D eigenvalue weighted by molar-refractivity contribution is 7.09. The molecule has 0 saturated carbocycles. The summed E-state index contributed by atoms with van der Waals surface area (Å²) in [4.78, 5) is 48.5. The molecule has 14 heteroatoms. The lowest BCUT2D eigenvalue weighted by Gasteiger charge is -2.39. The van der Waals surface area contributed by atoms with Crippen molar-refractivity contribution in [3.63, 3.8) is 0 Å². The monoisotopic (exact) mass is 751 g/mol. The molecule has 2 heterocycles. The number of nitrogens with zero attached hydrogens (tertiary/aromatic N) is 5. The molecular weight excluding hydrogens is 691 g/mol. The second kappa shape index (κ2) is 20.1. The lowest BCUT2D eigenvalue weighted by atomic mass is 9.79. The topological polar surface area (TPSA) is 167 Å². The molecule has 2 aromatic heterocycles. The summed E-state index contributed by atoms with van der Waals surface area (Å²) in [5, 5.41) is 26.8. The molecular formula is C39H61N9O4S. The number of amides is 3. The SMILES string of the molecule is CCCN(C(=O)C(NC(=O)C(NC)C(C)CC)C(C)CC)C(CC(OCC)c1nc(C(=O)NC2Cc3ccccc3C(c3nn[nH]n3)C2)cs1)C(C)C. The summed E-state index contributed by atoms with van der Waals surface area (Å²) < 4.78 is 6.31. The van der Waals surface area contributed by atoms with Gasteiger partial charge in [0.2, 0.25) is 11.8 Å². The lowest BCUT2D eigenvalue weighted by molar-refractivity contribution is -0.142. The van der Waals surface area contributed by atoms with Crippen LogP contribution in [0.15, 0.2) is 29.6 Å². The van der Waals surface area contributed by atoms with Crippen molar-refractivity contribution in [1.82, 2.24) is 46.5 Å². The highest BCUT2D eigenvalue weighted by atomic mass is 32.1. The van der Waals surface area contributed by atoms with E-state index >= 15 is 0 Å². The van der Waals surface area contributed by atoms with E-state index in [-0.39, 0.29) is 59.5 Å². The van der Waals surface area contributed by atoms with Crippen LogP contribution in [-0.2, 0) is 20.7 Å². The van der Waals surface area contributed by atoms with Crippen molar-refractivity contribution in [1.29, 1.82) is 0 Å². The summed E-state index contributed by atoms with van der Waals surface area (Å²) >= 11 is 1.40. The molecule has 292 valence electrons. The van der Waals surface area contributed by atoms with Crippen LogP contribution >= 0.6 is 11.3 Å². The predicted molar refractivity (Wildman–Crippen MR) is 207 cm³/mol. The number of aromatic amines is 1. The van der Waals surface area contributed by atoms with E-state index in [1.807, 2.05) is 44.7 Å². The molecule has 3 amide bonds. The Morgan fingerprint density at radius 3 is 2.38 bits per heavy atom. The minimum Gasteiger partial charge on any atom is -0.371 e. The summed E-state index contributed by atoms with van der Waals surface area (Å²) in [5.41, 5.74) is 2.64. The molecule has 4 rings (SSSR count). The molecule has 0 radical (unpaired) electrons. The van der Waals surface area contributed by atoms with Crippen molar-refractivity contribution in [3.8, 4) is 0 Å². The van der Waals surface area contributed by atoms with Crippen LogP contribution in [0.1, 0.15) is 132 Å². The van der Waals surface area contributed by atoms with Crippen LogP contribution in [0.3, 0.4) is 0 Å². The van der Waals surface area contributed by atoms with Crippen LogP contribution in [0.5, 0.6) is 0 Å². The molecule has 4 N–H and O–H groups in total. The Bertz CT molecular complexity index is 1600. The van der Waals surface area contributed by atoms with Crippen molar-refractivity contribution in [2.24, 2.45) is 17.8 Å². The van der Waals surface area contributed by atoms with E-state index in [1.54, 1.807) is 12.4 Å². The van der Waals surface area contributed by atoms with Gasteiger partial charge < -0.3 is 25.6 Å². The van der Waals surface area contributed by atoms with Crippen molar-refractivity contribution < 1.29 is 19.1 Å². The van der Waals surface area contributed by atoms with Gasteiger partial charge in [0.1, 0.15) is 22.8 Å². The van der Waals surface area contributed by atoms with Crippen LogP contribution in [0, 0.1) is 17.8 Å². The van der Waals surface area contributed by atoms with Gasteiger partial charge in [-0.2, -0.15) is 5.21 Å². The average molecular weight is 752 g/mol. The lowest BCUT2D eigenvalue weighted by Crippen LogP contribution is -2.59. The van der Waals surface area contributed by atoms with E-state index in [4.69, 9.17) is 9.72 Å². The number of benzene rings is 1. The van der Waals surface area contributed by atoms with Crippen molar-refractivity contribution in [2.75, 3.05) is 20.2 Å². The third-order valence-corrected chi connectivity index (χ3v) is 11.7. The van der Waals surface area contributed by atoms with Crippen LogP contribution in [0.4, 0.5) is 0 Å². The van der Waals surface area contributed by atoms with Gasteiger partial charge in [0.15, 0.2) is 5.82 Å². The Morgan fingerprint density at radius 2 is 1.75 bits per heavy atom. The molecule has 1 aromatic carbocycles. The first-order valence-corrected chi connectivity index (χ1v) is 20.3. The standard InChI is InChI=1S/C39H61N9O4S/c1-10-18-48(39(51)34(25(8)12-3)43-37(50)33(40-9)24(7)11-2)31(23(5)6)21-32(52-13-4)38-42-30(22-53-38)36(49)41-27-19-26-16-14-15-17-28(26)29(20-27)35-44-46-47-45-35/h14-17,22-25,27,29,31-34,40H,10-13,18-21H2,1-9H3,(H,41,49)(H,43,50)(H,44,45,46,47). The van der Waals surface area contributed by atoms with Gasteiger partial charge >= 0.3 is 0 Å². The number of tetrazole rings is 1. The number of hydrogen-bond donors (Lipinski definition) is 4. The Balaban J connectivity index is 1.53. The zero-order valence-electron chi connectivity index (χ0n) is 33.0. The van der Waals surface area contributed by atoms with Crippen molar-refractivity contribution in [2.45, 2.75) is 130 Å². The molecule has 8 unspecified atom stereocenters. The summed E-state index contributed by atoms with van der Waals surface area (Å²) in [6.45, 7) is 17.4. The maximum absolute atomic E-state index is 14.6. The molecule has 0 spiro atoms. The maximum atomic E-state index is 14.6. The first-order chi connectivity index (χ1) is 25.5. The molecule has 0 aliphatic heterocycles. The molecule has 0 fully saturated rings. The first kappa shape index (κ1) is 42.0. The highest BCUT2D eigenvalue weighted by Crippen LogP contribution is 2.35. The second-order valence-electron chi connectivity index (χ2n) is 14.7. The number of fused-ring (bicyclic) bond motifs is 1. The van der Waals surface area contributed by atoms with Gasteiger partial charge in [-0.3, -0.25) is 14.4 Å². The smallest absolute Gasteiger partial charge is 0.270 e. The third-order valence-electron chi connectivity index (χ3n) is 10.8. The number of H-pyrrole nitrogens is 1. The van der Waals surface area contributed by atoms with Crippen LogP contribution in [0.2, 0.25) is 0 Å². The van der Waals surface area contributed by atoms with E-state index in [0.29, 0.717) is 48.9 Å². The molecule has 1 aliphatic rings. The number of aromatic nitrogens is 5. The van der Waals surface area contributed by atoms with E-state index in [2.05, 4.69) is 76.4 Å². The zero-order valence-corrected chi connectivity index (χ0v) is 33.8. The van der Waals surface area contributed by atoms with Crippen molar-refractivity contribution in [3.05, 3.63) is 57.3 Å². The van der Waals surface area contributed by atoms with Gasteiger partial charge in [-0.15, -0.1) is 21.5 Å². The number of hydrogen-bond acceptors (Lipinski definition) is 10. The number of rotatable bonds is 20. The van der Waals surface area contributed by atoms with Gasteiger partial charge in [-0.1, -0.05) is 90.8 Å². The maximum Gasteiger partial charge on any atom is 0.270 e. The first-order valence-electron chi connectivity index (χ1n) is 19.4. The predicted octanol–water partition coefficient (Wildman–Crippen LogP) is 5.43. The molecule has 0 saturated heterocycles. The van der Waals surface area contributed by atoms with E-state index in [9.17, 15) is 14.4 Å². The quantitative estimate of drug-likeness (QED) is 0.118. The minimum atomic E-state index is -0.660. The summed E-state index contributed by atoms with van der Waals surface area (Å²) in [5.74, 6) is 0.202. The molecule has 3 aromatic rings. The molecule has 0 bridgehead atoms. The third kappa shape index (κ3) is 10.5. The fraction of sp³-hybridized carbons (Fsp3) is 0.667. The van der Waals surface area contributed by atoms with Gasteiger partial charge in [0.25, 0.3) is 5.91 Å². The fourth-order valence-electron chi connectivity index (χ4n) is 7.41. The highest BCUT2D eigenvalue weighted by Gasteiger charge is 2.38. The van der Waals surface area contributed by atoms with Crippen LogP contribution in [-0.4, -0.2) is 92.6 Å². The molecule has 8 atom stereocenters. The second-order valence-corrected chi connectivity index (χ2v) is 15.6. The molecule has 1 aliphatic carbocycles. The van der Waals surface area contributed by atoms with Gasteiger partial charge in [-0.25, -0.2) is 4.98 Å². The summed E-state index contributed by atoms with van der Waals surface area (Å²) in [6.07, 6.45) is 3.77. The molecule has 53 heavy (non-hydrogen) atoms. The largest absolute Gasteiger partial charge is 0.371 e. The normalized spacial score (nSPS) is 19.1. The van der Waals surface area contributed by atoms with Crippen LogP contribution < -0.4 is 16.0 Å². The van der Waals surface area contributed by atoms with Gasteiger partial charge in [-0.05, 0) is 62.1 Å². The Hall–Kier alpha value is -3.75. The average Bonchev–Trinajstić information content (AvgIpc) is 3.88. The number of carbonyl (C=O) groups excluding carboxylic acids is 3. The number of ether oxygens (including phenoxy) is 1. The van der Waals surface area contributed by atoms with Gasteiger partial charge in [0.05, 0.1) is 12.0 Å². The Labute approximate surface area is 319 Å². The number of carbonyl (C=O) groups is 3. The van der Waals surface area contributed by atoms with Gasteiger partial charge in [0, 0.05) is 37.0 Å². The summed E-state index contributed by atoms with van der Waals surface area (Å²) in [6, 6.07) is 6.80. The number of nitrogens with one attached hydrogen (secondary N) is 4. The van der Waals surface area contributed by atoms with E-state index in [0.717, 1.165) is 30.4 Å². The Kier molecular flexibility index (Phi) is 15.9. The fourth-order valence-corrected chi connectivity index (χ4v) is 8.27. The van der Waals surface area contributed by atoms with Crippen LogP contribution in [0.25, 0.3) is 0 Å². The van der Waals surface area contributed by atoms with E-state index in [1.165, 1.54) is 11.3 Å². The van der Waals surface area contributed by atoms with Crippen molar-refractivity contribution >= 4 is 29.1 Å². The minimum absolute atomic E-state index is 0.0593. The zero-order chi connectivity index (χ0) is 38.7. The Morgan fingerprint density at radius 1 is 1.04 bits per heavy atom. The molecule has 13 nitrogen and oxygen atoms in total. The van der Waals surface area contributed by atoms with E-state index < -0.39 is 12.1 Å².